The van der Waals surface area contributed by atoms with Gasteiger partial charge in [0.2, 0.25) is 5.91 Å². The Labute approximate surface area is 161 Å². The highest BCUT2D eigenvalue weighted by molar-refractivity contribution is 5.98. The molecule has 1 saturated heterocycles. The third kappa shape index (κ3) is 5.25. The Hall–Kier alpha value is -2.50. The molecule has 5 nitrogen and oxygen atoms in total. The number of rotatable bonds is 6. The highest BCUT2D eigenvalue weighted by Gasteiger charge is 2.25. The molecule has 1 atom stereocenters. The van der Waals surface area contributed by atoms with E-state index in [1.165, 1.54) is 12.5 Å². The molecule has 5 heteroatoms. The van der Waals surface area contributed by atoms with Crippen LogP contribution in [0.15, 0.2) is 54.6 Å². The molecule has 0 aromatic heterocycles. The first kappa shape index (κ1) is 19.3. The Morgan fingerprint density at radius 2 is 1.70 bits per heavy atom. The fraction of sp³-hybridized carbons (Fsp3) is 0.364. The molecule has 0 spiro atoms. The number of ketones is 1. The summed E-state index contributed by atoms with van der Waals surface area (Å²) < 4.78 is 0. The van der Waals surface area contributed by atoms with Gasteiger partial charge in [-0.2, -0.15) is 0 Å². The van der Waals surface area contributed by atoms with Gasteiger partial charge in [0.25, 0.3) is 0 Å². The summed E-state index contributed by atoms with van der Waals surface area (Å²) >= 11 is 0. The van der Waals surface area contributed by atoms with E-state index >= 15 is 0 Å². The fourth-order valence-electron chi connectivity index (χ4n) is 3.38. The van der Waals surface area contributed by atoms with Gasteiger partial charge in [-0.1, -0.05) is 42.5 Å². The summed E-state index contributed by atoms with van der Waals surface area (Å²) in [6.45, 7) is 8.06. The van der Waals surface area contributed by atoms with Gasteiger partial charge in [0.05, 0.1) is 6.04 Å². The van der Waals surface area contributed by atoms with Crippen molar-refractivity contribution in [2.45, 2.75) is 26.4 Å². The van der Waals surface area contributed by atoms with Gasteiger partial charge in [0.15, 0.2) is 5.78 Å². The zero-order valence-electron chi connectivity index (χ0n) is 16.0. The summed E-state index contributed by atoms with van der Waals surface area (Å²) in [5.41, 5.74) is 2.60. The van der Waals surface area contributed by atoms with Gasteiger partial charge in [0, 0.05) is 44.0 Å². The number of hydrogen-bond donors (Lipinski definition) is 1. The maximum absolute atomic E-state index is 12.6. The lowest BCUT2D eigenvalue weighted by Crippen LogP contribution is -2.52. The van der Waals surface area contributed by atoms with Crippen LogP contribution in [0, 0.1) is 0 Å². The van der Waals surface area contributed by atoms with Crippen LogP contribution in [0.4, 0.5) is 5.69 Å². The molecular weight excluding hydrogens is 338 g/mol. The van der Waals surface area contributed by atoms with Crippen LogP contribution in [-0.4, -0.2) is 53.7 Å². The lowest BCUT2D eigenvalue weighted by Gasteiger charge is -2.37. The van der Waals surface area contributed by atoms with Crippen LogP contribution in [0.2, 0.25) is 0 Å². The van der Waals surface area contributed by atoms with Crippen molar-refractivity contribution >= 4 is 17.4 Å². The van der Waals surface area contributed by atoms with Crippen molar-refractivity contribution in [3.8, 4) is 0 Å². The van der Waals surface area contributed by atoms with Gasteiger partial charge in [0.1, 0.15) is 0 Å². The standard InChI is InChI=1S/C22H27N3O2/c1-17(22(27)23-21-10-6-9-20(15-21)18(2)26)25-13-11-24(12-14-25)16-19-7-4-3-5-8-19/h3-10,15,17H,11-14,16H2,1-2H3,(H,23,27)/t17-/m1/s1. The number of anilines is 1. The third-order valence-corrected chi connectivity index (χ3v) is 5.12. The fourth-order valence-corrected chi connectivity index (χ4v) is 3.38. The number of amides is 1. The van der Waals surface area contributed by atoms with Crippen molar-refractivity contribution in [2.75, 3.05) is 31.5 Å². The number of nitrogens with one attached hydrogen (secondary N) is 1. The van der Waals surface area contributed by atoms with Gasteiger partial charge in [-0.25, -0.2) is 0 Å². The molecule has 3 rings (SSSR count). The normalized spacial score (nSPS) is 16.7. The minimum atomic E-state index is -0.204. The van der Waals surface area contributed by atoms with E-state index in [4.69, 9.17) is 0 Å². The lowest BCUT2D eigenvalue weighted by molar-refractivity contribution is -0.121. The molecule has 142 valence electrons. The number of carbonyl (C=O) groups is 2. The molecule has 27 heavy (non-hydrogen) atoms. The molecule has 1 fully saturated rings. The second-order valence-corrected chi connectivity index (χ2v) is 7.10. The molecule has 2 aromatic rings. The summed E-state index contributed by atoms with van der Waals surface area (Å²) in [5, 5.41) is 2.94. The quantitative estimate of drug-likeness (QED) is 0.800. The topological polar surface area (TPSA) is 52.7 Å². The first-order valence-electron chi connectivity index (χ1n) is 9.45. The average molecular weight is 365 g/mol. The number of carbonyl (C=O) groups excluding carboxylic acids is 2. The van der Waals surface area contributed by atoms with E-state index in [0.29, 0.717) is 11.3 Å². The number of benzene rings is 2. The Balaban J connectivity index is 1.51. The van der Waals surface area contributed by atoms with E-state index in [2.05, 4.69) is 39.4 Å². The van der Waals surface area contributed by atoms with Crippen LogP contribution in [0.1, 0.15) is 29.8 Å². The Morgan fingerprint density at radius 1 is 1.00 bits per heavy atom. The summed E-state index contributed by atoms with van der Waals surface area (Å²) in [6.07, 6.45) is 0. The van der Waals surface area contributed by atoms with Crippen LogP contribution in [0.3, 0.4) is 0 Å². The highest BCUT2D eigenvalue weighted by atomic mass is 16.2. The molecule has 0 radical (unpaired) electrons. The van der Waals surface area contributed by atoms with Crippen LogP contribution in [0.25, 0.3) is 0 Å². The first-order chi connectivity index (χ1) is 13.0. The zero-order chi connectivity index (χ0) is 19.2. The molecule has 1 N–H and O–H groups in total. The van der Waals surface area contributed by atoms with Crippen molar-refractivity contribution in [1.82, 2.24) is 9.80 Å². The Morgan fingerprint density at radius 3 is 2.37 bits per heavy atom. The minimum Gasteiger partial charge on any atom is -0.325 e. The summed E-state index contributed by atoms with van der Waals surface area (Å²) in [5.74, 6) is -0.0408. The second-order valence-electron chi connectivity index (χ2n) is 7.10. The van der Waals surface area contributed by atoms with Crippen molar-refractivity contribution < 1.29 is 9.59 Å². The predicted octanol–water partition coefficient (Wildman–Crippen LogP) is 3.03. The number of nitrogens with zero attached hydrogens (tertiary/aromatic N) is 2. The average Bonchev–Trinajstić information content (AvgIpc) is 2.69. The molecule has 0 bridgehead atoms. The monoisotopic (exact) mass is 365 g/mol. The molecule has 0 unspecified atom stereocenters. The van der Waals surface area contributed by atoms with E-state index in [1.54, 1.807) is 18.2 Å². The second kappa shape index (κ2) is 8.93. The smallest absolute Gasteiger partial charge is 0.241 e. The van der Waals surface area contributed by atoms with Gasteiger partial charge < -0.3 is 5.32 Å². The van der Waals surface area contributed by atoms with Crippen LogP contribution < -0.4 is 5.32 Å². The summed E-state index contributed by atoms with van der Waals surface area (Å²) in [7, 11) is 0. The minimum absolute atomic E-state index is 0.00585. The van der Waals surface area contributed by atoms with Crippen molar-refractivity contribution in [2.24, 2.45) is 0 Å². The molecule has 1 heterocycles. The molecule has 1 aliphatic heterocycles. The number of Topliss-reactive ketones (excluding diaryl/α,β-unsaturated/α-hetero) is 1. The van der Waals surface area contributed by atoms with E-state index in [1.807, 2.05) is 19.1 Å². The van der Waals surface area contributed by atoms with Gasteiger partial charge in [-0.3, -0.25) is 19.4 Å². The van der Waals surface area contributed by atoms with E-state index in [9.17, 15) is 9.59 Å². The van der Waals surface area contributed by atoms with Gasteiger partial charge >= 0.3 is 0 Å². The largest absolute Gasteiger partial charge is 0.325 e. The van der Waals surface area contributed by atoms with E-state index in [0.717, 1.165) is 32.7 Å². The van der Waals surface area contributed by atoms with Crippen molar-refractivity contribution in [3.05, 3.63) is 65.7 Å². The SMILES string of the molecule is CC(=O)c1cccc(NC(=O)[C@@H](C)N2CCN(Cc3ccccc3)CC2)c1. The molecule has 1 aliphatic rings. The zero-order valence-corrected chi connectivity index (χ0v) is 16.0. The lowest BCUT2D eigenvalue weighted by atomic mass is 10.1. The van der Waals surface area contributed by atoms with Crippen LogP contribution >= 0.6 is 0 Å². The number of hydrogen-bond acceptors (Lipinski definition) is 4. The summed E-state index contributed by atoms with van der Waals surface area (Å²) in [4.78, 5) is 28.8. The third-order valence-electron chi connectivity index (χ3n) is 5.12. The van der Waals surface area contributed by atoms with Crippen molar-refractivity contribution in [1.29, 1.82) is 0 Å². The van der Waals surface area contributed by atoms with Gasteiger partial charge in [-0.05, 0) is 31.5 Å². The molecule has 0 aliphatic carbocycles. The van der Waals surface area contributed by atoms with Crippen molar-refractivity contribution in [3.63, 3.8) is 0 Å². The molecule has 2 aromatic carbocycles. The van der Waals surface area contributed by atoms with E-state index < -0.39 is 0 Å². The van der Waals surface area contributed by atoms with E-state index in [-0.39, 0.29) is 17.7 Å². The molecular formula is C22H27N3O2. The van der Waals surface area contributed by atoms with Crippen LogP contribution in [0.5, 0.6) is 0 Å². The summed E-state index contributed by atoms with van der Waals surface area (Å²) in [6, 6.07) is 17.4. The molecule has 1 amide bonds. The maximum Gasteiger partial charge on any atom is 0.241 e. The molecule has 0 saturated carbocycles. The van der Waals surface area contributed by atoms with Crippen LogP contribution in [-0.2, 0) is 11.3 Å². The Kier molecular flexibility index (Phi) is 6.37. The predicted molar refractivity (Wildman–Crippen MR) is 108 cm³/mol. The number of piperazine rings is 1. The first-order valence-corrected chi connectivity index (χ1v) is 9.45. The van der Waals surface area contributed by atoms with Gasteiger partial charge in [-0.15, -0.1) is 0 Å². The highest BCUT2D eigenvalue weighted by Crippen LogP contribution is 2.14. The maximum atomic E-state index is 12.6. The Bertz CT molecular complexity index is 783.